The first-order valence-corrected chi connectivity index (χ1v) is 3.59. The van der Waals surface area contributed by atoms with Crippen LogP contribution in [-0.2, 0) is 4.79 Å². The van der Waals surface area contributed by atoms with Crippen LogP contribution in [0.15, 0.2) is 0 Å². The molecule has 0 radical (unpaired) electrons. The Morgan fingerprint density at radius 3 is 3.00 bits per heavy atom. The quantitative estimate of drug-likeness (QED) is 0.521. The lowest BCUT2D eigenvalue weighted by Gasteiger charge is -2.10. The van der Waals surface area contributed by atoms with E-state index in [1.54, 1.807) is 11.8 Å². The summed E-state index contributed by atoms with van der Waals surface area (Å²) in [6.45, 7) is 2.62. The Morgan fingerprint density at radius 2 is 2.55 bits per heavy atom. The number of nitrogens with zero attached hydrogens (tertiary/aromatic N) is 1. The van der Waals surface area contributed by atoms with Crippen LogP contribution in [0.2, 0.25) is 0 Å². The zero-order valence-electron chi connectivity index (χ0n) is 6.50. The van der Waals surface area contributed by atoms with Crippen molar-refractivity contribution in [3.63, 3.8) is 0 Å². The summed E-state index contributed by atoms with van der Waals surface area (Å²) < 4.78 is 0. The minimum atomic E-state index is -0.485. The summed E-state index contributed by atoms with van der Waals surface area (Å²) in [5, 5.41) is 9.06. The molecule has 0 bridgehead atoms. The number of aliphatic hydroxyl groups excluding tert-OH is 1. The van der Waals surface area contributed by atoms with Gasteiger partial charge in [-0.15, -0.1) is 5.92 Å². The maximum Gasteiger partial charge on any atom is 0.226 e. The van der Waals surface area contributed by atoms with Crippen LogP contribution in [0.25, 0.3) is 0 Å². The molecule has 1 unspecified atom stereocenters. The van der Waals surface area contributed by atoms with Crippen LogP contribution in [0.3, 0.4) is 0 Å². The Balaban J connectivity index is 2.45. The smallest absolute Gasteiger partial charge is 0.226 e. The molecule has 0 aromatic rings. The molecule has 1 fully saturated rings. The largest absolute Gasteiger partial charge is 0.391 e. The number of aliphatic hydroxyl groups is 1. The second kappa shape index (κ2) is 3.40. The summed E-state index contributed by atoms with van der Waals surface area (Å²) in [5.74, 6) is 5.49. The molecular formula is C8H11NO2. The predicted molar refractivity (Wildman–Crippen MR) is 40.7 cm³/mol. The van der Waals surface area contributed by atoms with E-state index in [1.807, 2.05) is 0 Å². The number of carbonyl (C=O) groups excluding carboxylic acids is 1. The number of rotatable bonds is 1. The van der Waals surface area contributed by atoms with Crippen molar-refractivity contribution in [2.45, 2.75) is 19.4 Å². The summed E-state index contributed by atoms with van der Waals surface area (Å²) >= 11 is 0. The van der Waals surface area contributed by atoms with E-state index in [2.05, 4.69) is 11.8 Å². The lowest BCUT2D eigenvalue weighted by Crippen LogP contribution is -2.26. The van der Waals surface area contributed by atoms with Gasteiger partial charge < -0.3 is 10.0 Å². The first-order valence-electron chi connectivity index (χ1n) is 3.59. The molecule has 0 aliphatic carbocycles. The fraction of sp³-hybridized carbons (Fsp3) is 0.625. The minimum Gasteiger partial charge on any atom is -0.391 e. The third-order valence-corrected chi connectivity index (χ3v) is 1.64. The molecule has 3 nitrogen and oxygen atoms in total. The average molecular weight is 153 g/mol. The monoisotopic (exact) mass is 153 g/mol. The SMILES string of the molecule is CC#CCN1CC(O)CC1=O. The Bertz CT molecular complexity index is 214. The Labute approximate surface area is 66.0 Å². The lowest BCUT2D eigenvalue weighted by molar-refractivity contribution is -0.127. The van der Waals surface area contributed by atoms with E-state index in [4.69, 9.17) is 5.11 Å². The molecule has 1 aliphatic rings. The van der Waals surface area contributed by atoms with Crippen molar-refractivity contribution >= 4 is 5.91 Å². The fourth-order valence-corrected chi connectivity index (χ4v) is 1.08. The Hall–Kier alpha value is -1.01. The maximum absolute atomic E-state index is 11.0. The van der Waals surface area contributed by atoms with Gasteiger partial charge in [0.2, 0.25) is 5.91 Å². The highest BCUT2D eigenvalue weighted by atomic mass is 16.3. The number of likely N-dealkylation sites (tertiary alicyclic amines) is 1. The van der Waals surface area contributed by atoms with E-state index < -0.39 is 6.10 Å². The van der Waals surface area contributed by atoms with Gasteiger partial charge in [0.25, 0.3) is 0 Å². The van der Waals surface area contributed by atoms with E-state index in [0.717, 1.165) is 0 Å². The van der Waals surface area contributed by atoms with Crippen LogP contribution in [0, 0.1) is 11.8 Å². The highest BCUT2D eigenvalue weighted by Gasteiger charge is 2.26. The minimum absolute atomic E-state index is 0.000231. The van der Waals surface area contributed by atoms with Crippen LogP contribution < -0.4 is 0 Å². The molecule has 0 saturated carbocycles. The normalized spacial score (nSPS) is 23.3. The van der Waals surface area contributed by atoms with Crippen molar-refractivity contribution in [3.8, 4) is 11.8 Å². The van der Waals surface area contributed by atoms with Crippen LogP contribution in [-0.4, -0.2) is 35.1 Å². The summed E-state index contributed by atoms with van der Waals surface area (Å²) in [6.07, 6.45) is -0.230. The van der Waals surface area contributed by atoms with Crippen molar-refractivity contribution in [2.75, 3.05) is 13.1 Å². The van der Waals surface area contributed by atoms with Crippen LogP contribution in [0.5, 0.6) is 0 Å². The van der Waals surface area contributed by atoms with Crippen LogP contribution in [0.1, 0.15) is 13.3 Å². The van der Waals surface area contributed by atoms with Crippen molar-refractivity contribution in [1.82, 2.24) is 4.90 Å². The van der Waals surface area contributed by atoms with Gasteiger partial charge in [0.05, 0.1) is 19.1 Å². The third-order valence-electron chi connectivity index (χ3n) is 1.64. The van der Waals surface area contributed by atoms with Crippen molar-refractivity contribution in [2.24, 2.45) is 0 Å². The lowest BCUT2D eigenvalue weighted by atomic mass is 10.3. The zero-order chi connectivity index (χ0) is 8.27. The molecule has 1 N–H and O–H groups in total. The van der Waals surface area contributed by atoms with Crippen molar-refractivity contribution < 1.29 is 9.90 Å². The molecule has 11 heavy (non-hydrogen) atoms. The van der Waals surface area contributed by atoms with E-state index in [9.17, 15) is 4.79 Å². The van der Waals surface area contributed by atoms with Crippen LogP contribution >= 0.6 is 0 Å². The van der Waals surface area contributed by atoms with Crippen molar-refractivity contribution in [3.05, 3.63) is 0 Å². The van der Waals surface area contributed by atoms with Gasteiger partial charge >= 0.3 is 0 Å². The van der Waals surface area contributed by atoms with Gasteiger partial charge in [-0.25, -0.2) is 0 Å². The number of hydrogen-bond acceptors (Lipinski definition) is 2. The Kier molecular flexibility index (Phi) is 2.50. The predicted octanol–water partition coefficient (Wildman–Crippen LogP) is -0.397. The van der Waals surface area contributed by atoms with Gasteiger partial charge in [0.1, 0.15) is 0 Å². The molecule has 1 amide bonds. The first-order chi connectivity index (χ1) is 5.24. The second-order valence-corrected chi connectivity index (χ2v) is 2.56. The highest BCUT2D eigenvalue weighted by molar-refractivity contribution is 5.79. The molecular weight excluding hydrogens is 142 g/mol. The Morgan fingerprint density at radius 1 is 1.82 bits per heavy atom. The van der Waals surface area contributed by atoms with Crippen molar-refractivity contribution in [1.29, 1.82) is 0 Å². The molecule has 0 aromatic carbocycles. The maximum atomic E-state index is 11.0. The van der Waals surface area contributed by atoms with E-state index in [0.29, 0.717) is 13.1 Å². The van der Waals surface area contributed by atoms with Gasteiger partial charge in [-0.2, -0.15) is 0 Å². The standard InChI is InChI=1S/C8H11NO2/c1-2-3-4-9-6-7(10)5-8(9)11/h7,10H,4-6H2,1H3. The van der Waals surface area contributed by atoms with Gasteiger partial charge in [0, 0.05) is 6.54 Å². The summed E-state index contributed by atoms with van der Waals surface area (Å²) in [4.78, 5) is 12.6. The highest BCUT2D eigenvalue weighted by Crippen LogP contribution is 2.08. The average Bonchev–Trinajstić information content (AvgIpc) is 2.26. The molecule has 0 spiro atoms. The molecule has 1 atom stereocenters. The molecule has 1 saturated heterocycles. The summed E-state index contributed by atoms with van der Waals surface area (Å²) in [6, 6.07) is 0. The number of carbonyl (C=O) groups is 1. The molecule has 1 rings (SSSR count). The van der Waals surface area contributed by atoms with E-state index >= 15 is 0 Å². The van der Waals surface area contributed by atoms with E-state index in [1.165, 1.54) is 0 Å². The number of β-amino-alcohol motifs (C(OH)–C–C–N with tert-alkyl or cyclic N) is 1. The van der Waals surface area contributed by atoms with Crippen LogP contribution in [0.4, 0.5) is 0 Å². The molecule has 60 valence electrons. The first kappa shape index (κ1) is 8.09. The molecule has 3 heteroatoms. The summed E-state index contributed by atoms with van der Waals surface area (Å²) in [7, 11) is 0. The topological polar surface area (TPSA) is 40.5 Å². The van der Waals surface area contributed by atoms with Gasteiger partial charge in [-0.3, -0.25) is 4.79 Å². The zero-order valence-corrected chi connectivity index (χ0v) is 6.50. The number of hydrogen-bond donors (Lipinski definition) is 1. The molecule has 1 aliphatic heterocycles. The third kappa shape index (κ3) is 1.95. The van der Waals surface area contributed by atoms with Gasteiger partial charge in [-0.05, 0) is 6.92 Å². The fourth-order valence-electron chi connectivity index (χ4n) is 1.08. The summed E-state index contributed by atoms with van der Waals surface area (Å²) in [5.41, 5.74) is 0. The van der Waals surface area contributed by atoms with Gasteiger partial charge in [0.15, 0.2) is 0 Å². The van der Waals surface area contributed by atoms with Gasteiger partial charge in [-0.1, -0.05) is 5.92 Å². The number of amides is 1. The van der Waals surface area contributed by atoms with E-state index in [-0.39, 0.29) is 12.3 Å². The second-order valence-electron chi connectivity index (χ2n) is 2.56. The molecule has 0 aromatic heterocycles. The molecule has 1 heterocycles.